The van der Waals surface area contributed by atoms with Gasteiger partial charge in [-0.15, -0.1) is 0 Å². The Labute approximate surface area is 116 Å². The summed E-state index contributed by atoms with van der Waals surface area (Å²) in [5, 5.41) is 4.53. The molecule has 0 amide bonds. The van der Waals surface area contributed by atoms with Gasteiger partial charge >= 0.3 is 0 Å². The summed E-state index contributed by atoms with van der Waals surface area (Å²) >= 11 is 6.00. The number of halogens is 1. The van der Waals surface area contributed by atoms with E-state index in [1.807, 2.05) is 12.1 Å². The fraction of sp³-hybridized carbons (Fsp3) is 0.625. The number of benzene rings is 1. The molecule has 0 radical (unpaired) electrons. The normalized spacial score (nSPS) is 24.8. The van der Waals surface area contributed by atoms with E-state index in [0.717, 1.165) is 17.5 Å². The summed E-state index contributed by atoms with van der Waals surface area (Å²) in [5.74, 6) is 0.961. The van der Waals surface area contributed by atoms with Gasteiger partial charge in [0.15, 0.2) is 0 Å². The molecule has 100 valence electrons. The molecule has 0 heterocycles. The zero-order valence-corrected chi connectivity index (χ0v) is 12.0. The van der Waals surface area contributed by atoms with Crippen molar-refractivity contribution in [2.45, 2.75) is 58.0 Å². The highest BCUT2D eigenvalue weighted by Crippen LogP contribution is 2.25. The fourth-order valence-corrected chi connectivity index (χ4v) is 3.11. The minimum atomic E-state index is 0.695. The molecule has 1 saturated carbocycles. The van der Waals surface area contributed by atoms with Crippen molar-refractivity contribution in [2.75, 3.05) is 0 Å². The van der Waals surface area contributed by atoms with Gasteiger partial charge in [0, 0.05) is 17.6 Å². The second-order valence-electron chi connectivity index (χ2n) is 5.49. The maximum absolute atomic E-state index is 6.00. The lowest BCUT2D eigenvalue weighted by molar-refractivity contribution is 0.425. The molecule has 2 unspecified atom stereocenters. The topological polar surface area (TPSA) is 12.0 Å². The molecule has 1 N–H and O–H groups in total. The van der Waals surface area contributed by atoms with E-state index in [-0.39, 0.29) is 0 Å². The third-order valence-electron chi connectivity index (χ3n) is 4.15. The predicted molar refractivity (Wildman–Crippen MR) is 78.9 cm³/mol. The molecule has 1 fully saturated rings. The van der Waals surface area contributed by atoms with Gasteiger partial charge in [-0.05, 0) is 42.9 Å². The molecule has 0 bridgehead atoms. The highest BCUT2D eigenvalue weighted by Gasteiger charge is 2.17. The Kier molecular flexibility index (Phi) is 5.52. The molecule has 0 saturated heterocycles. The van der Waals surface area contributed by atoms with Crippen LogP contribution in [-0.4, -0.2) is 6.04 Å². The minimum Gasteiger partial charge on any atom is -0.310 e. The van der Waals surface area contributed by atoms with Crippen molar-refractivity contribution in [1.29, 1.82) is 0 Å². The van der Waals surface area contributed by atoms with Crippen LogP contribution in [0.25, 0.3) is 0 Å². The Morgan fingerprint density at radius 1 is 1.22 bits per heavy atom. The van der Waals surface area contributed by atoms with Gasteiger partial charge < -0.3 is 5.32 Å². The molecule has 2 rings (SSSR count). The Bertz CT molecular complexity index is 364. The average molecular weight is 266 g/mol. The molecule has 1 nitrogen and oxygen atoms in total. The first-order chi connectivity index (χ1) is 8.78. The molecule has 1 aliphatic carbocycles. The molecule has 0 spiro atoms. The largest absolute Gasteiger partial charge is 0.310 e. The van der Waals surface area contributed by atoms with Gasteiger partial charge in [-0.1, -0.05) is 49.9 Å². The first-order valence-electron chi connectivity index (χ1n) is 7.25. The summed E-state index contributed by atoms with van der Waals surface area (Å²) < 4.78 is 0. The van der Waals surface area contributed by atoms with Crippen molar-refractivity contribution < 1.29 is 0 Å². The van der Waals surface area contributed by atoms with Crippen LogP contribution in [0.4, 0.5) is 0 Å². The van der Waals surface area contributed by atoms with Gasteiger partial charge in [-0.3, -0.25) is 0 Å². The van der Waals surface area contributed by atoms with E-state index >= 15 is 0 Å². The van der Waals surface area contributed by atoms with Crippen molar-refractivity contribution in [3.63, 3.8) is 0 Å². The highest BCUT2D eigenvalue weighted by atomic mass is 35.5. The number of hydrogen-bond donors (Lipinski definition) is 1. The summed E-state index contributed by atoms with van der Waals surface area (Å²) in [7, 11) is 0. The van der Waals surface area contributed by atoms with Crippen LogP contribution in [0.2, 0.25) is 5.02 Å². The Balaban J connectivity index is 1.79. The molecule has 18 heavy (non-hydrogen) atoms. The second kappa shape index (κ2) is 7.16. The van der Waals surface area contributed by atoms with Gasteiger partial charge in [-0.25, -0.2) is 0 Å². The molecular formula is C16H24ClN. The predicted octanol–water partition coefficient (Wildman–Crippen LogP) is 4.79. The first-order valence-corrected chi connectivity index (χ1v) is 7.63. The molecule has 1 aromatic rings. The van der Waals surface area contributed by atoms with Crippen LogP contribution in [0.3, 0.4) is 0 Å². The van der Waals surface area contributed by atoms with E-state index in [9.17, 15) is 0 Å². The third kappa shape index (κ3) is 4.29. The second-order valence-corrected chi connectivity index (χ2v) is 5.93. The standard InChI is InChI=1S/C16H24ClN/c1-2-13-5-4-8-16(10-9-13)18-12-14-6-3-7-15(17)11-14/h3,6-7,11,13,16,18H,2,4-5,8-10,12H2,1H3. The summed E-state index contributed by atoms with van der Waals surface area (Å²) in [6.07, 6.45) is 8.21. The van der Waals surface area contributed by atoms with E-state index in [1.54, 1.807) is 0 Å². The zero-order chi connectivity index (χ0) is 12.8. The van der Waals surface area contributed by atoms with Crippen LogP contribution in [0, 0.1) is 5.92 Å². The Morgan fingerprint density at radius 2 is 2.11 bits per heavy atom. The summed E-state index contributed by atoms with van der Waals surface area (Å²) in [6, 6.07) is 8.85. The van der Waals surface area contributed by atoms with E-state index in [4.69, 9.17) is 11.6 Å². The van der Waals surface area contributed by atoms with Crippen LogP contribution < -0.4 is 5.32 Å². The summed E-state index contributed by atoms with van der Waals surface area (Å²) in [6.45, 7) is 3.27. The highest BCUT2D eigenvalue weighted by molar-refractivity contribution is 6.30. The fourth-order valence-electron chi connectivity index (χ4n) is 2.90. The first kappa shape index (κ1) is 13.9. The van der Waals surface area contributed by atoms with Gasteiger partial charge in [0.25, 0.3) is 0 Å². The molecular weight excluding hydrogens is 242 g/mol. The monoisotopic (exact) mass is 265 g/mol. The van der Waals surface area contributed by atoms with Crippen molar-refractivity contribution in [2.24, 2.45) is 5.92 Å². The summed E-state index contributed by atoms with van der Waals surface area (Å²) in [4.78, 5) is 0. The van der Waals surface area contributed by atoms with Gasteiger partial charge in [0.2, 0.25) is 0 Å². The molecule has 2 atom stereocenters. The molecule has 2 heteroatoms. The maximum atomic E-state index is 6.00. The van der Waals surface area contributed by atoms with Gasteiger partial charge in [-0.2, -0.15) is 0 Å². The van der Waals surface area contributed by atoms with Crippen LogP contribution in [0.5, 0.6) is 0 Å². The average Bonchev–Trinajstić information content (AvgIpc) is 2.61. The van der Waals surface area contributed by atoms with E-state index in [1.165, 1.54) is 44.1 Å². The Hall–Kier alpha value is -0.530. The molecule has 0 aromatic heterocycles. The Morgan fingerprint density at radius 3 is 2.89 bits per heavy atom. The van der Waals surface area contributed by atoms with Gasteiger partial charge in [0.1, 0.15) is 0 Å². The molecule has 0 aliphatic heterocycles. The summed E-state index contributed by atoms with van der Waals surface area (Å²) in [5.41, 5.74) is 1.29. The van der Waals surface area contributed by atoms with Crippen LogP contribution in [-0.2, 0) is 6.54 Å². The van der Waals surface area contributed by atoms with E-state index in [2.05, 4.69) is 24.4 Å². The van der Waals surface area contributed by atoms with E-state index < -0.39 is 0 Å². The quantitative estimate of drug-likeness (QED) is 0.772. The minimum absolute atomic E-state index is 0.695. The van der Waals surface area contributed by atoms with Gasteiger partial charge in [0.05, 0.1) is 0 Å². The zero-order valence-electron chi connectivity index (χ0n) is 11.3. The van der Waals surface area contributed by atoms with Crippen molar-refractivity contribution >= 4 is 11.6 Å². The molecule has 1 aromatic carbocycles. The smallest absolute Gasteiger partial charge is 0.0409 e. The van der Waals surface area contributed by atoms with Crippen molar-refractivity contribution in [1.82, 2.24) is 5.32 Å². The number of rotatable bonds is 4. The van der Waals surface area contributed by atoms with Crippen LogP contribution >= 0.6 is 11.6 Å². The number of nitrogens with one attached hydrogen (secondary N) is 1. The van der Waals surface area contributed by atoms with Crippen LogP contribution in [0.15, 0.2) is 24.3 Å². The maximum Gasteiger partial charge on any atom is 0.0409 e. The van der Waals surface area contributed by atoms with Crippen LogP contribution in [0.1, 0.15) is 51.0 Å². The van der Waals surface area contributed by atoms with E-state index in [0.29, 0.717) is 6.04 Å². The van der Waals surface area contributed by atoms with Crippen molar-refractivity contribution in [3.8, 4) is 0 Å². The number of hydrogen-bond acceptors (Lipinski definition) is 1. The third-order valence-corrected chi connectivity index (χ3v) is 4.38. The lowest BCUT2D eigenvalue weighted by atomic mass is 9.98. The van der Waals surface area contributed by atoms with Crippen molar-refractivity contribution in [3.05, 3.63) is 34.9 Å². The SMILES string of the molecule is CCC1CCCC(NCc2cccc(Cl)c2)CC1. The molecule has 1 aliphatic rings. The lowest BCUT2D eigenvalue weighted by Crippen LogP contribution is -2.27. The lowest BCUT2D eigenvalue weighted by Gasteiger charge is -2.16.